The van der Waals surface area contributed by atoms with Crippen molar-refractivity contribution in [1.82, 2.24) is 4.98 Å². The van der Waals surface area contributed by atoms with Crippen LogP contribution in [0, 0.1) is 0 Å². The Morgan fingerprint density at radius 3 is 2.77 bits per heavy atom. The number of hydrogen-bond donors (Lipinski definition) is 0. The SMILES string of the molecule is CCS(=O)(=O)Cc1cnccc1Cl. The van der Waals surface area contributed by atoms with E-state index in [0.717, 1.165) is 0 Å². The van der Waals surface area contributed by atoms with E-state index in [0.29, 0.717) is 10.6 Å². The van der Waals surface area contributed by atoms with Gasteiger partial charge in [-0.25, -0.2) is 8.42 Å². The molecule has 0 saturated carbocycles. The highest BCUT2D eigenvalue weighted by molar-refractivity contribution is 7.90. The molecule has 1 aromatic rings. The lowest BCUT2D eigenvalue weighted by molar-refractivity contribution is 0.596. The van der Waals surface area contributed by atoms with Gasteiger partial charge >= 0.3 is 0 Å². The Morgan fingerprint density at radius 1 is 1.54 bits per heavy atom. The van der Waals surface area contributed by atoms with Crippen molar-refractivity contribution in [2.24, 2.45) is 0 Å². The Hall–Kier alpha value is -0.610. The van der Waals surface area contributed by atoms with Crippen LogP contribution < -0.4 is 0 Å². The van der Waals surface area contributed by atoms with Crippen LogP contribution in [-0.2, 0) is 15.6 Å². The van der Waals surface area contributed by atoms with Crippen LogP contribution >= 0.6 is 11.6 Å². The normalized spacial score (nSPS) is 11.5. The molecule has 0 aromatic carbocycles. The first-order valence-corrected chi connectivity index (χ1v) is 6.04. The van der Waals surface area contributed by atoms with E-state index in [9.17, 15) is 8.42 Å². The smallest absolute Gasteiger partial charge is 0.154 e. The van der Waals surface area contributed by atoms with E-state index < -0.39 is 9.84 Å². The predicted molar refractivity (Wildman–Crippen MR) is 52.4 cm³/mol. The van der Waals surface area contributed by atoms with E-state index in [2.05, 4.69) is 4.98 Å². The number of aromatic nitrogens is 1. The predicted octanol–water partition coefficient (Wildman–Crippen LogP) is 1.67. The minimum absolute atomic E-state index is 0.0316. The van der Waals surface area contributed by atoms with Crippen molar-refractivity contribution in [2.75, 3.05) is 5.75 Å². The lowest BCUT2D eigenvalue weighted by Crippen LogP contribution is -2.07. The second-order valence-corrected chi connectivity index (χ2v) is 5.40. The summed E-state index contributed by atoms with van der Waals surface area (Å²) >= 11 is 5.78. The largest absolute Gasteiger partial charge is 0.264 e. The Kier molecular flexibility index (Phi) is 3.27. The molecule has 0 aliphatic heterocycles. The summed E-state index contributed by atoms with van der Waals surface area (Å²) in [5, 5.41) is 0.451. The van der Waals surface area contributed by atoms with Gasteiger partial charge in [0, 0.05) is 28.7 Å². The van der Waals surface area contributed by atoms with Crippen molar-refractivity contribution < 1.29 is 8.42 Å². The molecule has 0 aliphatic rings. The van der Waals surface area contributed by atoms with Gasteiger partial charge in [0.1, 0.15) is 0 Å². The van der Waals surface area contributed by atoms with Crippen LogP contribution in [0.25, 0.3) is 0 Å². The standard InChI is InChI=1S/C8H10ClNO2S/c1-2-13(11,12)6-7-5-10-4-3-8(7)9/h3-5H,2,6H2,1H3. The molecule has 0 N–H and O–H groups in total. The average Bonchev–Trinajstić information content (AvgIpc) is 2.09. The molecule has 1 aromatic heterocycles. The van der Waals surface area contributed by atoms with E-state index in [-0.39, 0.29) is 11.5 Å². The molecule has 1 heterocycles. The van der Waals surface area contributed by atoms with Crippen molar-refractivity contribution in [3.63, 3.8) is 0 Å². The van der Waals surface area contributed by atoms with Crippen molar-refractivity contribution >= 4 is 21.4 Å². The summed E-state index contributed by atoms with van der Waals surface area (Å²) in [6, 6.07) is 1.59. The summed E-state index contributed by atoms with van der Waals surface area (Å²) in [5.41, 5.74) is 0.561. The van der Waals surface area contributed by atoms with Gasteiger partial charge in [0.25, 0.3) is 0 Å². The third kappa shape index (κ3) is 2.97. The molecule has 0 saturated heterocycles. The van der Waals surface area contributed by atoms with Crippen molar-refractivity contribution in [2.45, 2.75) is 12.7 Å². The minimum atomic E-state index is -3.02. The van der Waals surface area contributed by atoms with Crippen molar-refractivity contribution in [3.05, 3.63) is 29.0 Å². The molecule has 3 nitrogen and oxygen atoms in total. The zero-order valence-electron chi connectivity index (χ0n) is 7.20. The van der Waals surface area contributed by atoms with Gasteiger partial charge in [0.15, 0.2) is 9.84 Å². The molecule has 1 rings (SSSR count). The van der Waals surface area contributed by atoms with Gasteiger partial charge < -0.3 is 0 Å². The maximum absolute atomic E-state index is 11.2. The van der Waals surface area contributed by atoms with E-state index in [4.69, 9.17) is 11.6 Å². The average molecular weight is 220 g/mol. The van der Waals surface area contributed by atoms with E-state index in [1.165, 1.54) is 12.4 Å². The summed E-state index contributed by atoms with van der Waals surface area (Å²) in [6.45, 7) is 1.61. The molecule has 0 spiro atoms. The summed E-state index contributed by atoms with van der Waals surface area (Å²) in [6.07, 6.45) is 3.01. The number of nitrogens with zero attached hydrogens (tertiary/aromatic N) is 1. The number of sulfone groups is 1. The zero-order valence-corrected chi connectivity index (χ0v) is 8.77. The van der Waals surface area contributed by atoms with Crippen LogP contribution in [-0.4, -0.2) is 19.2 Å². The first-order valence-electron chi connectivity index (χ1n) is 3.84. The molecule has 0 radical (unpaired) electrons. The minimum Gasteiger partial charge on any atom is -0.264 e. The molecule has 0 amide bonds. The lowest BCUT2D eigenvalue weighted by Gasteiger charge is -2.02. The topological polar surface area (TPSA) is 47.0 Å². The van der Waals surface area contributed by atoms with Crippen LogP contribution in [0.5, 0.6) is 0 Å². The van der Waals surface area contributed by atoms with Crippen molar-refractivity contribution in [1.29, 1.82) is 0 Å². The number of pyridine rings is 1. The molecule has 5 heteroatoms. The summed E-state index contributed by atoms with van der Waals surface area (Å²) in [4.78, 5) is 3.82. The second kappa shape index (κ2) is 4.07. The molecule has 0 bridgehead atoms. The first-order chi connectivity index (χ1) is 6.05. The highest BCUT2D eigenvalue weighted by Crippen LogP contribution is 2.16. The second-order valence-electron chi connectivity index (χ2n) is 2.64. The van der Waals surface area contributed by atoms with Gasteiger partial charge in [-0.15, -0.1) is 0 Å². The lowest BCUT2D eigenvalue weighted by atomic mass is 10.3. The van der Waals surface area contributed by atoms with Crippen LogP contribution in [0.4, 0.5) is 0 Å². The van der Waals surface area contributed by atoms with Gasteiger partial charge in [0.2, 0.25) is 0 Å². The monoisotopic (exact) mass is 219 g/mol. The highest BCUT2D eigenvalue weighted by atomic mass is 35.5. The van der Waals surface area contributed by atoms with Gasteiger partial charge in [-0.1, -0.05) is 18.5 Å². The summed E-state index contributed by atoms with van der Waals surface area (Å²) in [5.74, 6) is 0.0917. The molecule has 0 unspecified atom stereocenters. The molecular formula is C8H10ClNO2S. The Balaban J connectivity index is 2.93. The van der Waals surface area contributed by atoms with E-state index >= 15 is 0 Å². The summed E-state index contributed by atoms with van der Waals surface area (Å²) in [7, 11) is -3.02. The number of rotatable bonds is 3. The molecule has 0 aliphatic carbocycles. The third-order valence-corrected chi connectivity index (χ3v) is 3.66. The van der Waals surface area contributed by atoms with Crippen LogP contribution in [0.2, 0.25) is 5.02 Å². The highest BCUT2D eigenvalue weighted by Gasteiger charge is 2.11. The third-order valence-electron chi connectivity index (χ3n) is 1.66. The van der Waals surface area contributed by atoms with Gasteiger partial charge in [0.05, 0.1) is 5.75 Å². The van der Waals surface area contributed by atoms with E-state index in [1.807, 2.05) is 0 Å². The van der Waals surface area contributed by atoms with Crippen LogP contribution in [0.15, 0.2) is 18.5 Å². The molecule has 0 atom stereocenters. The molecule has 72 valence electrons. The fourth-order valence-corrected chi connectivity index (χ4v) is 2.01. The van der Waals surface area contributed by atoms with Gasteiger partial charge in [-0.2, -0.15) is 0 Å². The fraction of sp³-hybridized carbons (Fsp3) is 0.375. The first kappa shape index (κ1) is 10.5. The molecule has 0 fully saturated rings. The Morgan fingerprint density at radius 2 is 2.23 bits per heavy atom. The maximum Gasteiger partial charge on any atom is 0.154 e. The maximum atomic E-state index is 11.2. The van der Waals surface area contributed by atoms with E-state index in [1.54, 1.807) is 13.0 Å². The molecular weight excluding hydrogens is 210 g/mol. The Labute approximate surface area is 82.7 Å². The fourth-order valence-electron chi connectivity index (χ4n) is 0.855. The Bertz CT molecular complexity index is 389. The molecule has 13 heavy (non-hydrogen) atoms. The van der Waals surface area contributed by atoms with Crippen LogP contribution in [0.3, 0.4) is 0 Å². The van der Waals surface area contributed by atoms with Gasteiger partial charge in [-0.05, 0) is 6.07 Å². The zero-order chi connectivity index (χ0) is 9.90. The number of hydrogen-bond acceptors (Lipinski definition) is 3. The van der Waals surface area contributed by atoms with Gasteiger partial charge in [-0.3, -0.25) is 4.98 Å². The van der Waals surface area contributed by atoms with Crippen molar-refractivity contribution in [3.8, 4) is 0 Å². The summed E-state index contributed by atoms with van der Waals surface area (Å²) < 4.78 is 22.5. The number of halogens is 1. The van der Waals surface area contributed by atoms with Crippen LogP contribution in [0.1, 0.15) is 12.5 Å². The quantitative estimate of drug-likeness (QED) is 0.777.